The molecule has 3 heteroatoms. The van der Waals surface area contributed by atoms with Gasteiger partial charge in [-0.2, -0.15) is 0 Å². The molecule has 0 spiro atoms. The topological polar surface area (TPSA) is 57.5 Å². The molecule has 5 saturated carbocycles. The van der Waals surface area contributed by atoms with Crippen LogP contribution in [0.2, 0.25) is 0 Å². The first-order chi connectivity index (χ1) is 19.0. The molecule has 0 saturated heterocycles. The van der Waals surface area contributed by atoms with Gasteiger partial charge >= 0.3 is 0 Å². The standard InChI is InChI=1S/C38H62O3/c1-22(2)28-18-27(14-17-35(7)15-12-11-13-16-35)24(4)31-29(28)20-36(8)21-37(9)19-23(3)30(26(6)39)34(41)38(37,10)25(5)32(36)33(31)40/h22-32,34,39,41H,11-13,15-16,18-21H2,1-10H3. The van der Waals surface area contributed by atoms with E-state index >= 15 is 4.79 Å². The number of Topliss-reactive ketones (excluding diaryl/α,β-unsaturated/α-hetero) is 1. The van der Waals surface area contributed by atoms with Gasteiger partial charge in [0.15, 0.2) is 0 Å². The van der Waals surface area contributed by atoms with Gasteiger partial charge in [0, 0.05) is 34.5 Å². The lowest BCUT2D eigenvalue weighted by molar-refractivity contribution is -0.252. The quantitative estimate of drug-likeness (QED) is 0.332. The molecular formula is C38H62O3. The molecule has 0 bridgehead atoms. The van der Waals surface area contributed by atoms with Crippen LogP contribution in [0.15, 0.2) is 0 Å². The Labute approximate surface area is 252 Å². The minimum atomic E-state index is -0.608. The smallest absolute Gasteiger partial charge is 0.140 e. The molecule has 0 heterocycles. The van der Waals surface area contributed by atoms with Crippen LogP contribution in [0.5, 0.6) is 0 Å². The van der Waals surface area contributed by atoms with E-state index in [0.29, 0.717) is 23.5 Å². The molecular weight excluding hydrogens is 504 g/mol. The summed E-state index contributed by atoms with van der Waals surface area (Å²) in [4.78, 5) is 15.0. The largest absolute Gasteiger partial charge is 0.393 e. The SMILES string of the molecule is CC(C)C1CC(C#CC2(C)CCCCC2)C(C)C2C(=O)C3C(C)C4(C)C(O)C(C(C)O)C(C)CC4(C)CC3(C)CC12. The maximum atomic E-state index is 15.0. The molecule has 0 radical (unpaired) electrons. The van der Waals surface area contributed by atoms with Crippen molar-refractivity contribution in [2.24, 2.45) is 80.8 Å². The van der Waals surface area contributed by atoms with Gasteiger partial charge in [0.1, 0.15) is 5.78 Å². The van der Waals surface area contributed by atoms with Crippen molar-refractivity contribution in [1.82, 2.24) is 0 Å². The van der Waals surface area contributed by atoms with Crippen LogP contribution in [-0.4, -0.2) is 28.2 Å². The molecule has 3 nitrogen and oxygen atoms in total. The number of fused-ring (bicyclic) bond motifs is 3. The predicted octanol–water partition coefficient (Wildman–Crippen LogP) is 8.17. The summed E-state index contributed by atoms with van der Waals surface area (Å²) in [6.45, 7) is 22.9. The molecule has 0 amide bonds. The van der Waals surface area contributed by atoms with E-state index in [1.807, 2.05) is 6.92 Å². The molecule has 2 N–H and O–H groups in total. The predicted molar refractivity (Wildman–Crippen MR) is 168 cm³/mol. The zero-order valence-corrected chi connectivity index (χ0v) is 28.1. The van der Waals surface area contributed by atoms with E-state index in [-0.39, 0.29) is 57.7 Å². The number of rotatable bonds is 2. The van der Waals surface area contributed by atoms with Crippen molar-refractivity contribution >= 4 is 5.78 Å². The first-order valence-corrected chi connectivity index (χ1v) is 17.4. The van der Waals surface area contributed by atoms with Crippen LogP contribution in [-0.2, 0) is 4.79 Å². The Morgan fingerprint density at radius 1 is 0.951 bits per heavy atom. The highest BCUT2D eigenvalue weighted by Crippen LogP contribution is 2.72. The minimum absolute atomic E-state index is 0.0441. The van der Waals surface area contributed by atoms with Gasteiger partial charge < -0.3 is 10.2 Å². The summed E-state index contributed by atoms with van der Waals surface area (Å²) < 4.78 is 0. The highest BCUT2D eigenvalue weighted by Gasteiger charge is 2.70. The van der Waals surface area contributed by atoms with E-state index in [9.17, 15) is 10.2 Å². The Morgan fingerprint density at radius 3 is 2.17 bits per heavy atom. The molecule has 41 heavy (non-hydrogen) atoms. The van der Waals surface area contributed by atoms with Gasteiger partial charge in [0.25, 0.3) is 0 Å². The van der Waals surface area contributed by atoms with Gasteiger partial charge in [-0.25, -0.2) is 0 Å². The molecule has 232 valence electrons. The van der Waals surface area contributed by atoms with Gasteiger partial charge in [-0.3, -0.25) is 4.79 Å². The van der Waals surface area contributed by atoms with Crippen molar-refractivity contribution in [2.45, 2.75) is 139 Å². The Balaban J connectivity index is 1.52. The van der Waals surface area contributed by atoms with E-state index in [1.54, 1.807) is 0 Å². The molecule has 5 aliphatic carbocycles. The maximum Gasteiger partial charge on any atom is 0.140 e. The van der Waals surface area contributed by atoms with E-state index in [0.717, 1.165) is 25.7 Å². The Kier molecular flexibility index (Phi) is 8.20. The second-order valence-corrected chi connectivity index (χ2v) is 17.7. The van der Waals surface area contributed by atoms with Crippen molar-refractivity contribution < 1.29 is 15.0 Å². The van der Waals surface area contributed by atoms with Gasteiger partial charge in [-0.05, 0) is 98.7 Å². The average molecular weight is 567 g/mol. The maximum absolute atomic E-state index is 15.0. The molecule has 5 rings (SSSR count). The third-order valence-corrected chi connectivity index (χ3v) is 14.7. The first kappa shape index (κ1) is 31.6. The van der Waals surface area contributed by atoms with Crippen LogP contribution < -0.4 is 0 Å². The fourth-order valence-corrected chi connectivity index (χ4v) is 12.5. The van der Waals surface area contributed by atoms with E-state index in [1.165, 1.54) is 32.1 Å². The van der Waals surface area contributed by atoms with Crippen LogP contribution in [0.3, 0.4) is 0 Å². The fraction of sp³-hybridized carbons (Fsp3) is 0.921. The van der Waals surface area contributed by atoms with Crippen LogP contribution in [0.4, 0.5) is 0 Å². The number of aliphatic hydroxyl groups is 2. The van der Waals surface area contributed by atoms with Gasteiger partial charge in [-0.1, -0.05) is 86.5 Å². The number of ketones is 1. The molecule has 14 unspecified atom stereocenters. The van der Waals surface area contributed by atoms with Gasteiger partial charge in [0.05, 0.1) is 12.2 Å². The lowest BCUT2D eigenvalue weighted by Gasteiger charge is -2.70. The highest BCUT2D eigenvalue weighted by atomic mass is 16.3. The van der Waals surface area contributed by atoms with E-state index < -0.39 is 17.6 Å². The van der Waals surface area contributed by atoms with Crippen molar-refractivity contribution in [3.63, 3.8) is 0 Å². The summed E-state index contributed by atoms with van der Waals surface area (Å²) in [6, 6.07) is 0. The Bertz CT molecular complexity index is 1060. The molecule has 0 aliphatic heterocycles. The third kappa shape index (κ3) is 4.80. The normalized spacial score (nSPS) is 52.0. The van der Waals surface area contributed by atoms with Crippen molar-refractivity contribution in [2.75, 3.05) is 0 Å². The number of carbonyl (C=O) groups excluding carboxylic acids is 1. The molecule has 14 atom stereocenters. The van der Waals surface area contributed by atoms with Crippen LogP contribution in [0.25, 0.3) is 0 Å². The van der Waals surface area contributed by atoms with Crippen molar-refractivity contribution in [1.29, 1.82) is 0 Å². The number of hydrogen-bond donors (Lipinski definition) is 2. The molecule has 5 aliphatic rings. The summed E-state index contributed by atoms with van der Waals surface area (Å²) >= 11 is 0. The lowest BCUT2D eigenvalue weighted by Crippen LogP contribution is -2.70. The summed E-state index contributed by atoms with van der Waals surface area (Å²) in [5.41, 5.74) is -0.378. The van der Waals surface area contributed by atoms with Crippen molar-refractivity contribution in [3.05, 3.63) is 0 Å². The number of carbonyl (C=O) groups is 1. The number of aliphatic hydroxyl groups excluding tert-OH is 2. The number of hydrogen-bond acceptors (Lipinski definition) is 3. The Hall–Kier alpha value is -0.850. The third-order valence-electron chi connectivity index (χ3n) is 14.7. The highest BCUT2D eigenvalue weighted by molar-refractivity contribution is 5.86. The monoisotopic (exact) mass is 566 g/mol. The summed E-state index contributed by atoms with van der Waals surface area (Å²) in [7, 11) is 0. The molecule has 5 fully saturated rings. The van der Waals surface area contributed by atoms with Crippen LogP contribution in [0, 0.1) is 92.7 Å². The van der Waals surface area contributed by atoms with Crippen LogP contribution >= 0.6 is 0 Å². The zero-order chi connectivity index (χ0) is 30.3. The lowest BCUT2D eigenvalue weighted by atomic mass is 9.34. The second kappa shape index (κ2) is 10.6. The van der Waals surface area contributed by atoms with Crippen molar-refractivity contribution in [3.8, 4) is 11.8 Å². The first-order valence-electron chi connectivity index (χ1n) is 17.4. The fourth-order valence-electron chi connectivity index (χ4n) is 12.5. The second-order valence-electron chi connectivity index (χ2n) is 17.7. The molecule has 0 aromatic carbocycles. The molecule has 0 aromatic rings. The average Bonchev–Trinajstić information content (AvgIpc) is 2.85. The minimum Gasteiger partial charge on any atom is -0.393 e. The summed E-state index contributed by atoms with van der Waals surface area (Å²) in [5.74, 6) is 10.4. The van der Waals surface area contributed by atoms with Gasteiger partial charge in [-0.15, -0.1) is 0 Å². The zero-order valence-electron chi connectivity index (χ0n) is 28.1. The Morgan fingerprint density at radius 2 is 1.59 bits per heavy atom. The van der Waals surface area contributed by atoms with Gasteiger partial charge in [0.2, 0.25) is 0 Å². The summed E-state index contributed by atoms with van der Waals surface area (Å²) in [6.07, 6.45) is 9.44. The van der Waals surface area contributed by atoms with E-state index in [4.69, 9.17) is 0 Å². The molecule has 0 aromatic heterocycles. The van der Waals surface area contributed by atoms with Crippen LogP contribution in [0.1, 0.15) is 127 Å². The van der Waals surface area contributed by atoms with E-state index in [2.05, 4.69) is 74.2 Å². The summed E-state index contributed by atoms with van der Waals surface area (Å²) in [5, 5.41) is 22.8.